The fourth-order valence-corrected chi connectivity index (χ4v) is 3.08. The number of benzene rings is 1. The van der Waals surface area contributed by atoms with Gasteiger partial charge in [-0.05, 0) is 31.5 Å². The Morgan fingerprint density at radius 3 is 2.76 bits per heavy atom. The third-order valence-electron chi connectivity index (χ3n) is 2.74. The molecule has 17 heavy (non-hydrogen) atoms. The zero-order valence-electron chi connectivity index (χ0n) is 9.90. The van der Waals surface area contributed by atoms with E-state index < -0.39 is 0 Å². The van der Waals surface area contributed by atoms with Gasteiger partial charge >= 0.3 is 0 Å². The van der Waals surface area contributed by atoms with Gasteiger partial charge in [-0.25, -0.2) is 4.98 Å². The van der Waals surface area contributed by atoms with Gasteiger partial charge in [-0.15, -0.1) is 11.3 Å². The molecule has 1 aromatic carbocycles. The lowest BCUT2D eigenvalue weighted by Crippen LogP contribution is -2.13. The summed E-state index contributed by atoms with van der Waals surface area (Å²) in [4.78, 5) is 5.80. The standard InChI is InChI=1S/C13H15BrN2S/c1-8-9(2)17-13(16-8)7-12(15)10-4-3-5-11(14)6-10/h3-6,12H,7,15H2,1-2H3. The Kier molecular flexibility index (Phi) is 3.97. The SMILES string of the molecule is Cc1nc(CC(N)c2cccc(Br)c2)sc1C. The smallest absolute Gasteiger partial charge is 0.0949 e. The molecule has 0 saturated heterocycles. The number of aryl methyl sites for hydroxylation is 2. The summed E-state index contributed by atoms with van der Waals surface area (Å²) in [5, 5.41) is 1.12. The van der Waals surface area contributed by atoms with Crippen LogP contribution >= 0.6 is 27.3 Å². The second-order valence-electron chi connectivity index (χ2n) is 4.11. The van der Waals surface area contributed by atoms with E-state index in [1.807, 2.05) is 19.1 Å². The molecule has 2 aromatic rings. The van der Waals surface area contributed by atoms with Crippen molar-refractivity contribution in [3.63, 3.8) is 0 Å². The molecule has 2 nitrogen and oxygen atoms in total. The van der Waals surface area contributed by atoms with Crippen molar-refractivity contribution < 1.29 is 0 Å². The molecule has 0 spiro atoms. The summed E-state index contributed by atoms with van der Waals surface area (Å²) in [6.45, 7) is 4.14. The van der Waals surface area contributed by atoms with Crippen molar-refractivity contribution in [2.45, 2.75) is 26.3 Å². The Labute approximate surface area is 114 Å². The molecule has 0 bridgehead atoms. The third kappa shape index (κ3) is 3.15. The van der Waals surface area contributed by atoms with E-state index in [1.165, 1.54) is 4.88 Å². The molecule has 0 fully saturated rings. The van der Waals surface area contributed by atoms with Crippen molar-refractivity contribution >= 4 is 27.3 Å². The summed E-state index contributed by atoms with van der Waals surface area (Å²) < 4.78 is 1.07. The summed E-state index contributed by atoms with van der Waals surface area (Å²) >= 11 is 5.20. The van der Waals surface area contributed by atoms with Crippen LogP contribution in [0.4, 0.5) is 0 Å². The minimum atomic E-state index is 0.0115. The molecule has 0 aliphatic rings. The first-order valence-corrected chi connectivity index (χ1v) is 7.11. The van der Waals surface area contributed by atoms with Crippen LogP contribution in [0.5, 0.6) is 0 Å². The zero-order valence-corrected chi connectivity index (χ0v) is 12.3. The topological polar surface area (TPSA) is 38.9 Å². The average Bonchev–Trinajstić information content (AvgIpc) is 2.58. The number of hydrogen-bond donors (Lipinski definition) is 1. The second-order valence-corrected chi connectivity index (χ2v) is 6.32. The van der Waals surface area contributed by atoms with Gasteiger partial charge in [0, 0.05) is 21.8 Å². The normalized spacial score (nSPS) is 12.7. The fraction of sp³-hybridized carbons (Fsp3) is 0.308. The Hall–Kier alpha value is -0.710. The maximum atomic E-state index is 6.20. The van der Waals surface area contributed by atoms with Crippen molar-refractivity contribution in [1.29, 1.82) is 0 Å². The molecule has 0 aliphatic heterocycles. The van der Waals surface area contributed by atoms with Crippen LogP contribution < -0.4 is 5.73 Å². The van der Waals surface area contributed by atoms with Gasteiger partial charge in [0.05, 0.1) is 10.7 Å². The molecule has 0 amide bonds. The number of halogens is 1. The van der Waals surface area contributed by atoms with Crippen LogP contribution in [0.15, 0.2) is 28.7 Å². The number of rotatable bonds is 3. The van der Waals surface area contributed by atoms with Crippen LogP contribution in [0.1, 0.15) is 27.2 Å². The highest BCUT2D eigenvalue weighted by Crippen LogP contribution is 2.23. The maximum absolute atomic E-state index is 6.20. The first-order chi connectivity index (χ1) is 8.06. The molecule has 1 unspecified atom stereocenters. The summed E-state index contributed by atoms with van der Waals surface area (Å²) in [6, 6.07) is 8.16. The van der Waals surface area contributed by atoms with E-state index in [-0.39, 0.29) is 6.04 Å². The van der Waals surface area contributed by atoms with Crippen molar-refractivity contribution in [3.8, 4) is 0 Å². The molecular formula is C13H15BrN2S. The summed E-state index contributed by atoms with van der Waals surface area (Å²) in [6.07, 6.45) is 0.801. The van der Waals surface area contributed by atoms with E-state index >= 15 is 0 Å². The maximum Gasteiger partial charge on any atom is 0.0949 e. The van der Waals surface area contributed by atoms with Crippen molar-refractivity contribution in [3.05, 3.63) is 49.9 Å². The highest BCUT2D eigenvalue weighted by molar-refractivity contribution is 9.10. The van der Waals surface area contributed by atoms with Crippen molar-refractivity contribution in [2.24, 2.45) is 5.73 Å². The van der Waals surface area contributed by atoms with Crippen LogP contribution in [-0.2, 0) is 6.42 Å². The van der Waals surface area contributed by atoms with Gasteiger partial charge in [-0.2, -0.15) is 0 Å². The predicted molar refractivity (Wildman–Crippen MR) is 76.4 cm³/mol. The van der Waals surface area contributed by atoms with Crippen molar-refractivity contribution in [1.82, 2.24) is 4.98 Å². The number of thiazole rings is 1. The van der Waals surface area contributed by atoms with E-state index in [9.17, 15) is 0 Å². The molecule has 1 aromatic heterocycles. The molecule has 2 N–H and O–H groups in total. The first-order valence-electron chi connectivity index (χ1n) is 5.50. The fourth-order valence-electron chi connectivity index (χ4n) is 1.67. The quantitative estimate of drug-likeness (QED) is 0.937. The van der Waals surface area contributed by atoms with E-state index in [1.54, 1.807) is 11.3 Å². The Morgan fingerprint density at radius 1 is 1.41 bits per heavy atom. The number of nitrogens with two attached hydrogens (primary N) is 1. The van der Waals surface area contributed by atoms with Gasteiger partial charge in [-0.3, -0.25) is 0 Å². The molecule has 0 radical (unpaired) electrons. The highest BCUT2D eigenvalue weighted by Gasteiger charge is 2.11. The lowest BCUT2D eigenvalue weighted by atomic mass is 10.1. The van der Waals surface area contributed by atoms with Gasteiger partial charge < -0.3 is 5.73 Å². The van der Waals surface area contributed by atoms with Gasteiger partial charge in [-0.1, -0.05) is 28.1 Å². The lowest BCUT2D eigenvalue weighted by Gasteiger charge is -2.10. The molecule has 4 heteroatoms. The van der Waals surface area contributed by atoms with E-state index in [0.29, 0.717) is 0 Å². The van der Waals surface area contributed by atoms with E-state index in [4.69, 9.17) is 5.73 Å². The molecule has 90 valence electrons. The Bertz CT molecular complexity index is 502. The minimum Gasteiger partial charge on any atom is -0.324 e. The minimum absolute atomic E-state index is 0.0115. The molecular weight excluding hydrogens is 296 g/mol. The predicted octanol–water partition coefficient (Wildman–Crippen LogP) is 3.76. The summed E-state index contributed by atoms with van der Waals surface area (Å²) in [7, 11) is 0. The van der Waals surface area contributed by atoms with Gasteiger partial charge in [0.15, 0.2) is 0 Å². The van der Waals surface area contributed by atoms with Gasteiger partial charge in [0.1, 0.15) is 0 Å². The second kappa shape index (κ2) is 5.29. The first kappa shape index (κ1) is 12.7. The van der Waals surface area contributed by atoms with Crippen LogP contribution in [0, 0.1) is 13.8 Å². The largest absolute Gasteiger partial charge is 0.324 e. The third-order valence-corrected chi connectivity index (χ3v) is 4.33. The number of aromatic nitrogens is 1. The number of nitrogens with zero attached hydrogens (tertiary/aromatic N) is 1. The summed E-state index contributed by atoms with van der Waals surface area (Å²) in [5.74, 6) is 0. The van der Waals surface area contributed by atoms with Crippen molar-refractivity contribution in [2.75, 3.05) is 0 Å². The Balaban J connectivity index is 2.14. The van der Waals surface area contributed by atoms with Crippen LogP contribution in [0.25, 0.3) is 0 Å². The Morgan fingerprint density at radius 2 is 2.18 bits per heavy atom. The molecule has 2 rings (SSSR count). The molecule has 0 saturated carbocycles. The van der Waals surface area contributed by atoms with E-state index in [0.717, 1.165) is 27.2 Å². The summed E-state index contributed by atoms with van der Waals surface area (Å²) in [5.41, 5.74) is 8.46. The molecule has 1 atom stereocenters. The lowest BCUT2D eigenvalue weighted by molar-refractivity contribution is 0.716. The highest BCUT2D eigenvalue weighted by atomic mass is 79.9. The molecule has 0 aliphatic carbocycles. The zero-order chi connectivity index (χ0) is 12.4. The van der Waals surface area contributed by atoms with Gasteiger partial charge in [0.2, 0.25) is 0 Å². The van der Waals surface area contributed by atoms with E-state index in [2.05, 4.69) is 40.0 Å². The number of hydrogen-bond acceptors (Lipinski definition) is 3. The van der Waals surface area contributed by atoms with Gasteiger partial charge in [0.25, 0.3) is 0 Å². The van der Waals surface area contributed by atoms with Crippen LogP contribution in [-0.4, -0.2) is 4.98 Å². The van der Waals surface area contributed by atoms with Crippen LogP contribution in [0.2, 0.25) is 0 Å². The average molecular weight is 311 g/mol. The van der Waals surface area contributed by atoms with Crippen LogP contribution in [0.3, 0.4) is 0 Å². The monoisotopic (exact) mass is 310 g/mol. The molecule has 1 heterocycles.